The van der Waals surface area contributed by atoms with E-state index in [9.17, 15) is 0 Å². The van der Waals surface area contributed by atoms with Gasteiger partial charge < -0.3 is 0 Å². The highest BCUT2D eigenvalue weighted by Crippen LogP contribution is 2.30. The molecule has 110 valence electrons. The number of hydrogen-bond acceptors (Lipinski definition) is 7. The van der Waals surface area contributed by atoms with Crippen molar-refractivity contribution >= 4 is 33.1 Å². The van der Waals surface area contributed by atoms with Crippen LogP contribution >= 0.6 is 11.3 Å². The molecule has 0 saturated carbocycles. The molecule has 7 heteroatoms. The van der Waals surface area contributed by atoms with Crippen molar-refractivity contribution in [3.8, 4) is 22.7 Å². The summed E-state index contributed by atoms with van der Waals surface area (Å²) >= 11 is 1.53. The van der Waals surface area contributed by atoms with Crippen molar-refractivity contribution in [2.24, 2.45) is 5.10 Å². The Morgan fingerprint density at radius 2 is 2.09 bits per heavy atom. The number of hydrazone groups is 1. The molecule has 6 nitrogen and oxygen atoms in total. The Labute approximate surface area is 136 Å². The van der Waals surface area contributed by atoms with E-state index in [1.807, 2.05) is 37.3 Å². The van der Waals surface area contributed by atoms with Gasteiger partial charge in [0.15, 0.2) is 0 Å². The zero-order chi connectivity index (χ0) is 16.2. The molecule has 2 aromatic heterocycles. The maximum absolute atomic E-state index is 8.68. The van der Waals surface area contributed by atoms with E-state index in [0.717, 1.165) is 32.2 Å². The standard InChI is InChI=1S/C16H10N6S/c1-10-7-11(4-5-13(10)22-21-12(8-17)9-18)15-20-14-3-2-6-19-16(14)23-15/h2-7,22H,1H3. The number of hydrogen-bond donors (Lipinski definition) is 1. The van der Waals surface area contributed by atoms with Crippen LogP contribution in [0.5, 0.6) is 0 Å². The highest BCUT2D eigenvalue weighted by Gasteiger charge is 2.08. The Bertz CT molecular complexity index is 941. The van der Waals surface area contributed by atoms with Crippen molar-refractivity contribution in [3.63, 3.8) is 0 Å². The summed E-state index contributed by atoms with van der Waals surface area (Å²) in [4.78, 5) is 9.78. The molecule has 1 aromatic carbocycles. The number of aryl methyl sites for hydroxylation is 1. The molecular weight excluding hydrogens is 308 g/mol. The van der Waals surface area contributed by atoms with Gasteiger partial charge in [-0.1, -0.05) is 11.3 Å². The lowest BCUT2D eigenvalue weighted by Gasteiger charge is -2.06. The summed E-state index contributed by atoms with van der Waals surface area (Å²) in [6, 6.07) is 13.0. The Morgan fingerprint density at radius 3 is 2.78 bits per heavy atom. The first-order valence-corrected chi connectivity index (χ1v) is 7.49. The van der Waals surface area contributed by atoms with Crippen molar-refractivity contribution in [2.75, 3.05) is 5.43 Å². The number of rotatable bonds is 3. The van der Waals surface area contributed by atoms with Crippen LogP contribution in [0, 0.1) is 29.6 Å². The molecule has 0 aliphatic heterocycles. The number of anilines is 1. The third kappa shape index (κ3) is 3.00. The normalized spacial score (nSPS) is 9.87. The van der Waals surface area contributed by atoms with Gasteiger partial charge >= 0.3 is 0 Å². The van der Waals surface area contributed by atoms with Crippen LogP contribution in [-0.2, 0) is 0 Å². The van der Waals surface area contributed by atoms with Crippen molar-refractivity contribution in [1.82, 2.24) is 9.97 Å². The quantitative estimate of drug-likeness (QED) is 0.589. The van der Waals surface area contributed by atoms with Gasteiger partial charge in [0.2, 0.25) is 5.71 Å². The van der Waals surface area contributed by atoms with Crippen LogP contribution in [0.4, 0.5) is 5.69 Å². The van der Waals surface area contributed by atoms with E-state index in [2.05, 4.69) is 20.5 Å². The largest absolute Gasteiger partial charge is 0.276 e. The van der Waals surface area contributed by atoms with Crippen molar-refractivity contribution < 1.29 is 0 Å². The molecule has 0 aliphatic carbocycles. The highest BCUT2D eigenvalue weighted by molar-refractivity contribution is 7.21. The molecule has 0 fully saturated rings. The van der Waals surface area contributed by atoms with Crippen molar-refractivity contribution in [3.05, 3.63) is 42.1 Å². The highest BCUT2D eigenvalue weighted by atomic mass is 32.1. The molecule has 0 bridgehead atoms. The zero-order valence-electron chi connectivity index (χ0n) is 12.1. The number of thiazole rings is 1. The lowest BCUT2D eigenvalue weighted by atomic mass is 10.1. The summed E-state index contributed by atoms with van der Waals surface area (Å²) in [5, 5.41) is 22.0. The van der Waals surface area contributed by atoms with E-state index < -0.39 is 0 Å². The molecule has 2 heterocycles. The predicted octanol–water partition coefficient (Wildman–Crippen LogP) is 3.48. The van der Waals surface area contributed by atoms with Crippen LogP contribution < -0.4 is 5.43 Å². The Kier molecular flexibility index (Phi) is 3.96. The molecule has 0 spiro atoms. The summed E-state index contributed by atoms with van der Waals surface area (Å²) in [6.07, 6.45) is 1.75. The van der Waals surface area contributed by atoms with Gasteiger partial charge in [-0.2, -0.15) is 15.6 Å². The zero-order valence-corrected chi connectivity index (χ0v) is 12.9. The number of nitriles is 2. The first kappa shape index (κ1) is 14.6. The van der Waals surface area contributed by atoms with Crippen LogP contribution in [0.3, 0.4) is 0 Å². The summed E-state index contributed by atoms with van der Waals surface area (Å²) in [5.74, 6) is 0. The van der Waals surface area contributed by atoms with E-state index in [4.69, 9.17) is 10.5 Å². The van der Waals surface area contributed by atoms with E-state index in [0.29, 0.717) is 0 Å². The SMILES string of the molecule is Cc1cc(-c2nc3cccnc3s2)ccc1NN=C(C#N)C#N. The van der Waals surface area contributed by atoms with E-state index in [1.54, 1.807) is 18.3 Å². The first-order chi connectivity index (χ1) is 11.2. The Balaban J connectivity index is 1.92. The number of nitrogens with one attached hydrogen (secondary N) is 1. The smallest absolute Gasteiger partial charge is 0.237 e. The second-order valence-corrected chi connectivity index (χ2v) is 5.65. The van der Waals surface area contributed by atoms with Gasteiger partial charge in [-0.05, 0) is 42.8 Å². The maximum Gasteiger partial charge on any atom is 0.237 e. The third-order valence-electron chi connectivity index (χ3n) is 3.14. The lowest BCUT2D eigenvalue weighted by molar-refractivity contribution is 1.30. The van der Waals surface area contributed by atoms with Gasteiger partial charge in [0, 0.05) is 11.8 Å². The number of nitrogens with zero attached hydrogens (tertiary/aromatic N) is 5. The average molecular weight is 318 g/mol. The fraction of sp³-hybridized carbons (Fsp3) is 0.0625. The van der Waals surface area contributed by atoms with Crippen LogP contribution in [-0.4, -0.2) is 15.7 Å². The van der Waals surface area contributed by atoms with Crippen LogP contribution in [0.15, 0.2) is 41.6 Å². The second kappa shape index (κ2) is 6.22. The molecule has 3 rings (SSSR count). The molecule has 0 radical (unpaired) electrons. The molecule has 0 unspecified atom stereocenters. The number of fused-ring (bicyclic) bond motifs is 1. The van der Waals surface area contributed by atoms with Gasteiger partial charge in [0.25, 0.3) is 0 Å². The minimum atomic E-state index is -0.217. The predicted molar refractivity (Wildman–Crippen MR) is 89.9 cm³/mol. The van der Waals surface area contributed by atoms with Crippen molar-refractivity contribution in [1.29, 1.82) is 10.5 Å². The monoisotopic (exact) mass is 318 g/mol. The van der Waals surface area contributed by atoms with Gasteiger partial charge in [0.1, 0.15) is 27.5 Å². The number of pyridine rings is 1. The third-order valence-corrected chi connectivity index (χ3v) is 4.17. The molecule has 3 aromatic rings. The van der Waals surface area contributed by atoms with Gasteiger partial charge in [-0.25, -0.2) is 9.97 Å². The number of benzene rings is 1. The molecule has 0 saturated heterocycles. The summed E-state index contributed by atoms with van der Waals surface area (Å²) in [5.41, 5.74) is 6.05. The first-order valence-electron chi connectivity index (χ1n) is 6.68. The summed E-state index contributed by atoms with van der Waals surface area (Å²) in [6.45, 7) is 1.92. The van der Waals surface area contributed by atoms with Crippen molar-refractivity contribution in [2.45, 2.75) is 6.92 Å². The van der Waals surface area contributed by atoms with E-state index in [1.165, 1.54) is 11.3 Å². The lowest BCUT2D eigenvalue weighted by Crippen LogP contribution is -1.98. The summed E-state index contributed by atoms with van der Waals surface area (Å²) < 4.78 is 0. The van der Waals surface area contributed by atoms with Crippen LogP contribution in [0.1, 0.15) is 5.56 Å². The molecule has 0 amide bonds. The Morgan fingerprint density at radius 1 is 1.26 bits per heavy atom. The molecule has 1 N–H and O–H groups in total. The fourth-order valence-electron chi connectivity index (χ4n) is 2.01. The minimum absolute atomic E-state index is 0.217. The van der Waals surface area contributed by atoms with Gasteiger partial charge in [-0.15, -0.1) is 0 Å². The van der Waals surface area contributed by atoms with E-state index >= 15 is 0 Å². The number of aromatic nitrogens is 2. The van der Waals surface area contributed by atoms with Gasteiger partial charge in [-0.3, -0.25) is 5.43 Å². The molecule has 0 aliphatic rings. The molecule has 23 heavy (non-hydrogen) atoms. The molecule has 0 atom stereocenters. The second-order valence-electron chi connectivity index (χ2n) is 4.67. The van der Waals surface area contributed by atoms with E-state index in [-0.39, 0.29) is 5.71 Å². The van der Waals surface area contributed by atoms with Crippen LogP contribution in [0.2, 0.25) is 0 Å². The maximum atomic E-state index is 8.68. The van der Waals surface area contributed by atoms with Crippen LogP contribution in [0.25, 0.3) is 20.9 Å². The average Bonchev–Trinajstić information content (AvgIpc) is 3.01. The topological polar surface area (TPSA) is 97.8 Å². The fourth-order valence-corrected chi connectivity index (χ4v) is 2.91. The summed E-state index contributed by atoms with van der Waals surface area (Å²) in [7, 11) is 0. The van der Waals surface area contributed by atoms with Gasteiger partial charge in [0.05, 0.1) is 5.69 Å². The minimum Gasteiger partial charge on any atom is -0.276 e. The molecular formula is C16H10N6S. The Hall–Kier alpha value is -3.29.